The average molecular weight is 314 g/mol. The van der Waals surface area contributed by atoms with Crippen LogP contribution in [-0.2, 0) is 9.59 Å². The molecule has 0 spiro atoms. The first kappa shape index (κ1) is 16.2. The molecule has 6 nitrogen and oxygen atoms in total. The zero-order valence-corrected chi connectivity index (χ0v) is 12.5. The average Bonchev–Trinajstić information content (AvgIpc) is 2.46. The number of hydrogen-bond acceptors (Lipinski definition) is 6. The van der Waals surface area contributed by atoms with Crippen molar-refractivity contribution in [2.24, 2.45) is 0 Å². The SMILES string of the molecule is CC(=O)Oc1ccc(C(=O)c2ccc(O)cc2)c(OC(C)=O)c1. The second-order valence-electron chi connectivity index (χ2n) is 4.72. The molecule has 0 aliphatic carbocycles. The van der Waals surface area contributed by atoms with E-state index in [9.17, 15) is 19.5 Å². The van der Waals surface area contributed by atoms with Crippen molar-refractivity contribution in [3.05, 3.63) is 53.6 Å². The smallest absolute Gasteiger partial charge is 0.308 e. The Hall–Kier alpha value is -3.15. The third kappa shape index (κ3) is 4.16. The summed E-state index contributed by atoms with van der Waals surface area (Å²) < 4.78 is 9.95. The molecule has 0 amide bonds. The van der Waals surface area contributed by atoms with Gasteiger partial charge in [0.15, 0.2) is 5.78 Å². The highest BCUT2D eigenvalue weighted by Crippen LogP contribution is 2.28. The summed E-state index contributed by atoms with van der Waals surface area (Å²) in [6.45, 7) is 2.44. The molecule has 0 aliphatic rings. The van der Waals surface area contributed by atoms with Gasteiger partial charge in [-0.1, -0.05) is 0 Å². The lowest BCUT2D eigenvalue weighted by Gasteiger charge is -2.10. The van der Waals surface area contributed by atoms with Crippen molar-refractivity contribution >= 4 is 17.7 Å². The lowest BCUT2D eigenvalue weighted by molar-refractivity contribution is -0.132. The molecule has 2 aromatic rings. The van der Waals surface area contributed by atoms with Gasteiger partial charge in [0, 0.05) is 25.5 Å². The lowest BCUT2D eigenvalue weighted by atomic mass is 10.0. The van der Waals surface area contributed by atoms with E-state index in [2.05, 4.69) is 0 Å². The predicted octanol–water partition coefficient (Wildman–Crippen LogP) is 2.47. The van der Waals surface area contributed by atoms with Gasteiger partial charge in [-0.25, -0.2) is 0 Å². The van der Waals surface area contributed by atoms with Gasteiger partial charge in [0.1, 0.15) is 17.2 Å². The van der Waals surface area contributed by atoms with Crippen molar-refractivity contribution in [1.29, 1.82) is 0 Å². The van der Waals surface area contributed by atoms with Crippen LogP contribution in [0.5, 0.6) is 17.2 Å². The van der Waals surface area contributed by atoms with E-state index in [0.717, 1.165) is 0 Å². The standard InChI is InChI=1S/C17H14O6/c1-10(18)22-14-7-8-15(16(9-14)23-11(2)19)17(21)12-3-5-13(20)6-4-12/h3-9,20H,1-2H3. The van der Waals surface area contributed by atoms with Gasteiger partial charge in [0.25, 0.3) is 0 Å². The third-order valence-corrected chi connectivity index (χ3v) is 2.84. The maximum Gasteiger partial charge on any atom is 0.308 e. The van der Waals surface area contributed by atoms with Crippen molar-refractivity contribution in [2.75, 3.05) is 0 Å². The first-order chi connectivity index (χ1) is 10.9. The molecule has 1 N–H and O–H groups in total. The molecule has 2 rings (SSSR count). The van der Waals surface area contributed by atoms with E-state index < -0.39 is 17.7 Å². The number of phenolic OH excluding ortho intramolecular Hbond substituents is 1. The van der Waals surface area contributed by atoms with Gasteiger partial charge in [-0.3, -0.25) is 14.4 Å². The molecule has 0 aliphatic heterocycles. The van der Waals surface area contributed by atoms with Gasteiger partial charge in [-0.15, -0.1) is 0 Å². The normalized spacial score (nSPS) is 10.0. The summed E-state index contributed by atoms with van der Waals surface area (Å²) in [5, 5.41) is 9.27. The highest BCUT2D eigenvalue weighted by molar-refractivity contribution is 6.11. The van der Waals surface area contributed by atoms with E-state index in [1.807, 2.05) is 0 Å². The van der Waals surface area contributed by atoms with E-state index >= 15 is 0 Å². The Balaban J connectivity index is 2.43. The number of benzene rings is 2. The Morgan fingerprint density at radius 1 is 0.870 bits per heavy atom. The molecule has 0 radical (unpaired) electrons. The van der Waals surface area contributed by atoms with Crippen LogP contribution in [0.2, 0.25) is 0 Å². The number of rotatable bonds is 4. The molecule has 0 bridgehead atoms. The number of carbonyl (C=O) groups excluding carboxylic acids is 3. The van der Waals surface area contributed by atoms with Crippen LogP contribution in [-0.4, -0.2) is 22.8 Å². The van der Waals surface area contributed by atoms with E-state index in [0.29, 0.717) is 5.56 Å². The van der Waals surface area contributed by atoms with Crippen molar-refractivity contribution in [1.82, 2.24) is 0 Å². The predicted molar refractivity (Wildman–Crippen MR) is 80.6 cm³/mol. The summed E-state index contributed by atoms with van der Waals surface area (Å²) >= 11 is 0. The number of ether oxygens (including phenoxy) is 2. The third-order valence-electron chi connectivity index (χ3n) is 2.84. The summed E-state index contributed by atoms with van der Waals surface area (Å²) in [7, 11) is 0. The number of hydrogen-bond donors (Lipinski definition) is 1. The Labute approximate surface area is 132 Å². The first-order valence-corrected chi connectivity index (χ1v) is 6.71. The van der Waals surface area contributed by atoms with Crippen LogP contribution >= 0.6 is 0 Å². The highest BCUT2D eigenvalue weighted by Gasteiger charge is 2.17. The fraction of sp³-hybridized carbons (Fsp3) is 0.118. The molecule has 118 valence electrons. The monoisotopic (exact) mass is 314 g/mol. The van der Waals surface area contributed by atoms with Crippen LogP contribution in [0.25, 0.3) is 0 Å². The minimum atomic E-state index is -0.607. The minimum absolute atomic E-state index is 0.00525. The van der Waals surface area contributed by atoms with Crippen LogP contribution in [0.1, 0.15) is 29.8 Å². The topological polar surface area (TPSA) is 89.9 Å². The zero-order chi connectivity index (χ0) is 17.0. The van der Waals surface area contributed by atoms with Crippen molar-refractivity contribution in [2.45, 2.75) is 13.8 Å². The maximum atomic E-state index is 12.5. The second-order valence-corrected chi connectivity index (χ2v) is 4.72. The zero-order valence-electron chi connectivity index (χ0n) is 12.5. The molecular weight excluding hydrogens is 300 g/mol. The van der Waals surface area contributed by atoms with Gasteiger partial charge in [0.2, 0.25) is 0 Å². The summed E-state index contributed by atoms with van der Waals surface area (Å²) in [4.78, 5) is 34.7. The number of phenols is 1. The molecular formula is C17H14O6. The molecule has 23 heavy (non-hydrogen) atoms. The van der Waals surface area contributed by atoms with Gasteiger partial charge < -0.3 is 14.6 Å². The van der Waals surface area contributed by atoms with Crippen molar-refractivity contribution in [3.8, 4) is 17.2 Å². The van der Waals surface area contributed by atoms with E-state index in [1.54, 1.807) is 0 Å². The largest absolute Gasteiger partial charge is 0.508 e. The van der Waals surface area contributed by atoms with Crippen LogP contribution in [0.4, 0.5) is 0 Å². The molecule has 2 aromatic carbocycles. The molecule has 0 heterocycles. The molecule has 0 atom stereocenters. The number of ketones is 1. The Morgan fingerprint density at radius 2 is 1.48 bits per heavy atom. The molecule has 0 saturated carbocycles. The molecule has 0 unspecified atom stereocenters. The second kappa shape index (κ2) is 6.74. The Bertz CT molecular complexity index is 761. The minimum Gasteiger partial charge on any atom is -0.508 e. The Kier molecular flexibility index (Phi) is 4.75. The fourth-order valence-corrected chi connectivity index (χ4v) is 1.93. The fourth-order valence-electron chi connectivity index (χ4n) is 1.93. The summed E-state index contributed by atoms with van der Waals surface area (Å²) in [5.74, 6) is -1.34. The lowest BCUT2D eigenvalue weighted by Crippen LogP contribution is -2.10. The van der Waals surface area contributed by atoms with Gasteiger partial charge >= 0.3 is 11.9 Å². The first-order valence-electron chi connectivity index (χ1n) is 6.71. The number of esters is 2. The van der Waals surface area contributed by atoms with E-state index in [4.69, 9.17) is 9.47 Å². The maximum absolute atomic E-state index is 12.5. The van der Waals surface area contributed by atoms with Crippen LogP contribution in [0, 0.1) is 0 Å². The highest BCUT2D eigenvalue weighted by atomic mass is 16.5. The summed E-state index contributed by atoms with van der Waals surface area (Å²) in [5.41, 5.74) is 0.457. The van der Waals surface area contributed by atoms with Crippen LogP contribution in [0.3, 0.4) is 0 Å². The quantitative estimate of drug-likeness (QED) is 0.530. The molecule has 0 fully saturated rings. The molecule has 0 saturated heterocycles. The molecule has 0 aromatic heterocycles. The summed E-state index contributed by atoms with van der Waals surface area (Å²) in [6.07, 6.45) is 0. The van der Waals surface area contributed by atoms with Gasteiger partial charge in [0.05, 0.1) is 5.56 Å². The molecule has 6 heteroatoms. The van der Waals surface area contributed by atoms with Crippen molar-refractivity contribution < 1.29 is 29.0 Å². The number of carbonyl (C=O) groups is 3. The van der Waals surface area contributed by atoms with Crippen molar-refractivity contribution in [3.63, 3.8) is 0 Å². The number of aromatic hydroxyl groups is 1. The van der Waals surface area contributed by atoms with E-state index in [-0.39, 0.29) is 22.8 Å². The van der Waals surface area contributed by atoms with Crippen LogP contribution < -0.4 is 9.47 Å². The van der Waals surface area contributed by atoms with Gasteiger partial charge in [-0.2, -0.15) is 0 Å². The van der Waals surface area contributed by atoms with E-state index in [1.165, 1.54) is 56.3 Å². The van der Waals surface area contributed by atoms with Crippen LogP contribution in [0.15, 0.2) is 42.5 Å². The summed E-state index contributed by atoms with van der Waals surface area (Å²) in [6, 6.07) is 9.81. The van der Waals surface area contributed by atoms with Gasteiger partial charge in [-0.05, 0) is 36.4 Å². The Morgan fingerprint density at radius 3 is 2.04 bits per heavy atom.